The predicted octanol–water partition coefficient (Wildman–Crippen LogP) is 1.42. The molecule has 2 N–H and O–H groups in total. The minimum absolute atomic E-state index is 0.0328. The van der Waals surface area contributed by atoms with E-state index in [1.807, 2.05) is 6.07 Å². The van der Waals surface area contributed by atoms with Crippen LogP contribution in [0.3, 0.4) is 0 Å². The molecule has 1 aromatic heterocycles. The molecule has 0 saturated heterocycles. The molecule has 0 fully saturated rings. The Morgan fingerprint density at radius 2 is 2.35 bits per heavy atom. The van der Waals surface area contributed by atoms with Gasteiger partial charge in [-0.1, -0.05) is 11.6 Å². The molecule has 92 valence electrons. The highest BCUT2D eigenvalue weighted by atomic mass is 35.5. The minimum atomic E-state index is 0.0328. The highest BCUT2D eigenvalue weighted by Crippen LogP contribution is 2.22. The molecule has 0 atom stereocenters. The number of anilines is 1. The van der Waals surface area contributed by atoms with Crippen LogP contribution < -0.4 is 5.32 Å². The Kier molecular flexibility index (Phi) is 6.33. The highest BCUT2D eigenvalue weighted by Gasteiger charge is 2.05. The Labute approximate surface area is 105 Å². The molecule has 0 radical (unpaired) electrons. The van der Waals surface area contributed by atoms with Gasteiger partial charge in [-0.25, -0.2) is 4.98 Å². The summed E-state index contributed by atoms with van der Waals surface area (Å²) >= 11 is 5.96. The third kappa shape index (κ3) is 4.57. The van der Waals surface area contributed by atoms with Crippen molar-refractivity contribution in [2.45, 2.75) is 6.42 Å². The molecule has 0 spiro atoms. The molecule has 0 saturated carbocycles. The van der Waals surface area contributed by atoms with Gasteiger partial charge in [0.15, 0.2) is 0 Å². The van der Waals surface area contributed by atoms with Crippen LogP contribution in [-0.4, -0.2) is 36.5 Å². The summed E-state index contributed by atoms with van der Waals surface area (Å²) < 4.78 is 5.10. The van der Waals surface area contributed by atoms with Crippen LogP contribution in [0.4, 0.5) is 5.82 Å². The number of aromatic nitrogens is 1. The first-order valence-corrected chi connectivity index (χ1v) is 5.64. The van der Waals surface area contributed by atoms with Crippen molar-refractivity contribution in [2.75, 3.05) is 31.7 Å². The summed E-state index contributed by atoms with van der Waals surface area (Å²) in [7, 11) is 0. The van der Waals surface area contributed by atoms with Crippen molar-refractivity contribution in [3.63, 3.8) is 0 Å². The maximum absolute atomic E-state index is 8.78. The molecule has 17 heavy (non-hydrogen) atoms. The van der Waals surface area contributed by atoms with Crippen molar-refractivity contribution >= 4 is 17.4 Å². The number of aliphatic hydroxyl groups is 1. The van der Waals surface area contributed by atoms with Gasteiger partial charge in [-0.05, 0) is 12.5 Å². The van der Waals surface area contributed by atoms with Gasteiger partial charge in [0, 0.05) is 19.3 Å². The molecule has 0 amide bonds. The Hall–Kier alpha value is -1.35. The van der Waals surface area contributed by atoms with Gasteiger partial charge >= 0.3 is 0 Å². The SMILES string of the molecule is N#Cc1ccnc(NCCCOCCO)c1Cl. The molecule has 0 bridgehead atoms. The van der Waals surface area contributed by atoms with Crippen molar-refractivity contribution in [1.82, 2.24) is 4.98 Å². The fourth-order valence-corrected chi connectivity index (χ4v) is 1.42. The Bertz CT molecular complexity index is 393. The van der Waals surface area contributed by atoms with Gasteiger partial charge in [-0.3, -0.25) is 0 Å². The molecule has 0 aliphatic rings. The third-order valence-electron chi connectivity index (χ3n) is 2.00. The molecule has 0 unspecified atom stereocenters. The lowest BCUT2D eigenvalue weighted by molar-refractivity contribution is 0.0922. The number of rotatable bonds is 7. The first-order valence-electron chi connectivity index (χ1n) is 5.26. The predicted molar refractivity (Wildman–Crippen MR) is 65.0 cm³/mol. The van der Waals surface area contributed by atoms with Gasteiger partial charge in [0.25, 0.3) is 0 Å². The fraction of sp³-hybridized carbons (Fsp3) is 0.455. The topological polar surface area (TPSA) is 78.2 Å². The summed E-state index contributed by atoms with van der Waals surface area (Å²) in [6.07, 6.45) is 2.31. The summed E-state index contributed by atoms with van der Waals surface area (Å²) in [6, 6.07) is 3.56. The molecular formula is C11H14ClN3O2. The average molecular weight is 256 g/mol. The van der Waals surface area contributed by atoms with Crippen molar-refractivity contribution in [1.29, 1.82) is 5.26 Å². The molecule has 6 heteroatoms. The lowest BCUT2D eigenvalue weighted by Crippen LogP contribution is -2.09. The van der Waals surface area contributed by atoms with Crippen molar-refractivity contribution < 1.29 is 9.84 Å². The largest absolute Gasteiger partial charge is 0.394 e. The highest BCUT2D eigenvalue weighted by molar-refractivity contribution is 6.34. The van der Waals surface area contributed by atoms with Crippen LogP contribution in [0.15, 0.2) is 12.3 Å². The number of ether oxygens (including phenoxy) is 1. The Morgan fingerprint density at radius 3 is 3.06 bits per heavy atom. The van der Waals surface area contributed by atoms with Crippen LogP contribution in [0.25, 0.3) is 0 Å². The van der Waals surface area contributed by atoms with Crippen LogP contribution in [0.5, 0.6) is 0 Å². The number of hydrogen-bond donors (Lipinski definition) is 2. The standard InChI is InChI=1S/C11H14ClN3O2/c12-10-9(8-13)2-4-15-11(10)14-3-1-6-17-7-5-16/h2,4,16H,1,3,5-7H2,(H,14,15). The van der Waals surface area contributed by atoms with Crippen LogP contribution in [0.2, 0.25) is 5.02 Å². The van der Waals surface area contributed by atoms with E-state index in [-0.39, 0.29) is 6.61 Å². The van der Waals surface area contributed by atoms with E-state index in [4.69, 9.17) is 26.7 Å². The van der Waals surface area contributed by atoms with Crippen LogP contribution in [0.1, 0.15) is 12.0 Å². The van der Waals surface area contributed by atoms with Gasteiger partial charge in [0.1, 0.15) is 16.9 Å². The maximum Gasteiger partial charge on any atom is 0.146 e. The van der Waals surface area contributed by atoms with E-state index < -0.39 is 0 Å². The van der Waals surface area contributed by atoms with Crippen LogP contribution in [0, 0.1) is 11.3 Å². The van der Waals surface area contributed by atoms with E-state index in [1.54, 1.807) is 6.07 Å². The Morgan fingerprint density at radius 1 is 1.53 bits per heavy atom. The first-order chi connectivity index (χ1) is 8.29. The summed E-state index contributed by atoms with van der Waals surface area (Å²) in [5.41, 5.74) is 0.403. The smallest absolute Gasteiger partial charge is 0.146 e. The number of nitrogens with zero attached hydrogens (tertiary/aromatic N) is 2. The van der Waals surface area contributed by atoms with E-state index in [2.05, 4.69) is 10.3 Å². The molecule has 0 aliphatic heterocycles. The van der Waals surface area contributed by atoms with E-state index in [0.29, 0.717) is 36.2 Å². The van der Waals surface area contributed by atoms with E-state index in [1.165, 1.54) is 6.20 Å². The van der Waals surface area contributed by atoms with Gasteiger partial charge in [0.05, 0.1) is 18.8 Å². The number of aliphatic hydroxyl groups excluding tert-OH is 1. The summed E-state index contributed by atoms with van der Waals surface area (Å²) in [5.74, 6) is 0.507. The van der Waals surface area contributed by atoms with Gasteiger partial charge in [-0.15, -0.1) is 0 Å². The molecule has 0 aromatic carbocycles. The van der Waals surface area contributed by atoms with E-state index >= 15 is 0 Å². The zero-order valence-electron chi connectivity index (χ0n) is 9.32. The molecule has 5 nitrogen and oxygen atoms in total. The van der Waals surface area contributed by atoms with Crippen molar-refractivity contribution in [2.24, 2.45) is 0 Å². The second-order valence-corrected chi connectivity index (χ2v) is 3.63. The molecule has 1 heterocycles. The van der Waals surface area contributed by atoms with Crippen molar-refractivity contribution in [3.05, 3.63) is 22.8 Å². The summed E-state index contributed by atoms with van der Waals surface area (Å²) in [4.78, 5) is 4.05. The number of nitrogens with one attached hydrogen (secondary N) is 1. The van der Waals surface area contributed by atoms with Crippen molar-refractivity contribution in [3.8, 4) is 6.07 Å². The number of pyridine rings is 1. The average Bonchev–Trinajstić information content (AvgIpc) is 2.35. The zero-order valence-corrected chi connectivity index (χ0v) is 10.1. The molecule has 0 aliphatic carbocycles. The summed E-state index contributed by atoms with van der Waals surface area (Å²) in [5, 5.41) is 20.6. The lowest BCUT2D eigenvalue weighted by atomic mass is 10.3. The number of nitriles is 1. The lowest BCUT2D eigenvalue weighted by Gasteiger charge is -2.07. The van der Waals surface area contributed by atoms with Crippen LogP contribution >= 0.6 is 11.6 Å². The Balaban J connectivity index is 2.35. The van der Waals surface area contributed by atoms with E-state index in [9.17, 15) is 0 Å². The minimum Gasteiger partial charge on any atom is -0.394 e. The van der Waals surface area contributed by atoms with Crippen LogP contribution in [-0.2, 0) is 4.74 Å². The molecule has 1 aromatic rings. The maximum atomic E-state index is 8.78. The van der Waals surface area contributed by atoms with E-state index in [0.717, 1.165) is 6.42 Å². The monoisotopic (exact) mass is 255 g/mol. The third-order valence-corrected chi connectivity index (χ3v) is 2.39. The normalized spacial score (nSPS) is 9.94. The van der Waals surface area contributed by atoms with Gasteiger partial charge in [-0.2, -0.15) is 5.26 Å². The second-order valence-electron chi connectivity index (χ2n) is 3.25. The zero-order chi connectivity index (χ0) is 12.5. The first kappa shape index (κ1) is 13.7. The number of halogens is 1. The van der Waals surface area contributed by atoms with Gasteiger partial charge in [0.2, 0.25) is 0 Å². The molecular weight excluding hydrogens is 242 g/mol. The quantitative estimate of drug-likeness (QED) is 0.721. The van der Waals surface area contributed by atoms with Gasteiger partial charge < -0.3 is 15.2 Å². The molecule has 1 rings (SSSR count). The fourth-order valence-electron chi connectivity index (χ4n) is 1.20. The summed E-state index contributed by atoms with van der Waals surface area (Å²) in [6.45, 7) is 1.59. The second kappa shape index (κ2) is 7.85. The number of hydrogen-bond acceptors (Lipinski definition) is 5.